The van der Waals surface area contributed by atoms with Gasteiger partial charge in [-0.05, 0) is 49.5 Å². The number of nitrogens with zero attached hydrogens (tertiary/aromatic N) is 5. The Morgan fingerprint density at radius 2 is 1.69 bits per heavy atom. The quantitative estimate of drug-likeness (QED) is 0.465. The van der Waals surface area contributed by atoms with Gasteiger partial charge in [-0.15, -0.1) is 0 Å². The van der Waals surface area contributed by atoms with Crippen LogP contribution in [0.3, 0.4) is 0 Å². The zero-order chi connectivity index (χ0) is 21.9. The fourth-order valence-corrected chi connectivity index (χ4v) is 4.30. The summed E-state index contributed by atoms with van der Waals surface area (Å²) in [6.07, 6.45) is 5.87. The van der Waals surface area contributed by atoms with Crippen molar-refractivity contribution in [1.82, 2.24) is 19.4 Å². The number of morpholine rings is 1. The van der Waals surface area contributed by atoms with Crippen LogP contribution in [0.4, 0.5) is 5.82 Å². The van der Waals surface area contributed by atoms with Crippen molar-refractivity contribution >= 4 is 16.7 Å². The summed E-state index contributed by atoms with van der Waals surface area (Å²) in [6, 6.07) is 17.3. The minimum absolute atomic E-state index is 0.740. The number of ether oxygens (including phenoxy) is 1. The van der Waals surface area contributed by atoms with E-state index in [0.29, 0.717) is 0 Å². The highest BCUT2D eigenvalue weighted by atomic mass is 16.5. The first-order valence-electron chi connectivity index (χ1n) is 11.1. The Labute approximate surface area is 189 Å². The molecule has 4 heterocycles. The minimum Gasteiger partial charge on any atom is -0.378 e. The van der Waals surface area contributed by atoms with Gasteiger partial charge < -0.3 is 19.1 Å². The molecule has 0 spiro atoms. The number of hydrogen-bond acceptors (Lipinski definition) is 5. The van der Waals surface area contributed by atoms with Gasteiger partial charge in [-0.3, -0.25) is 4.98 Å². The van der Waals surface area contributed by atoms with Crippen molar-refractivity contribution in [2.24, 2.45) is 0 Å². The molecule has 0 atom stereocenters. The molecule has 0 bridgehead atoms. The lowest BCUT2D eigenvalue weighted by Gasteiger charge is -2.29. The van der Waals surface area contributed by atoms with Crippen LogP contribution < -0.4 is 4.90 Å². The van der Waals surface area contributed by atoms with Gasteiger partial charge in [-0.2, -0.15) is 0 Å². The van der Waals surface area contributed by atoms with E-state index in [4.69, 9.17) is 9.72 Å². The number of benzene rings is 1. The molecule has 3 aromatic heterocycles. The monoisotopic (exact) mass is 427 g/mol. The lowest BCUT2D eigenvalue weighted by Crippen LogP contribution is -2.36. The zero-order valence-corrected chi connectivity index (χ0v) is 18.7. The number of anilines is 1. The summed E-state index contributed by atoms with van der Waals surface area (Å²) in [5.41, 5.74) is 5.88. The van der Waals surface area contributed by atoms with E-state index in [1.807, 2.05) is 12.4 Å². The van der Waals surface area contributed by atoms with E-state index in [2.05, 4.69) is 88.2 Å². The summed E-state index contributed by atoms with van der Waals surface area (Å²) in [6.45, 7) is 4.95. The third-order valence-electron chi connectivity index (χ3n) is 5.91. The van der Waals surface area contributed by atoms with Crippen LogP contribution >= 0.6 is 0 Å². The molecule has 0 aliphatic carbocycles. The Bertz CT molecular complexity index is 1180. The molecule has 5 rings (SSSR count). The molecule has 0 amide bonds. The summed E-state index contributed by atoms with van der Waals surface area (Å²) in [5, 5.41) is 1.19. The molecule has 0 N–H and O–H groups in total. The molecule has 1 aliphatic heterocycles. The fourth-order valence-electron chi connectivity index (χ4n) is 4.30. The Morgan fingerprint density at radius 3 is 2.41 bits per heavy atom. The van der Waals surface area contributed by atoms with Crippen LogP contribution in [-0.2, 0) is 17.8 Å². The number of aromatic nitrogens is 3. The molecule has 0 radical (unpaired) electrons. The maximum atomic E-state index is 5.59. The molecule has 6 nitrogen and oxygen atoms in total. The predicted molar refractivity (Wildman–Crippen MR) is 129 cm³/mol. The van der Waals surface area contributed by atoms with Gasteiger partial charge in [-0.1, -0.05) is 24.3 Å². The largest absolute Gasteiger partial charge is 0.378 e. The van der Waals surface area contributed by atoms with Gasteiger partial charge >= 0.3 is 0 Å². The molecule has 4 aromatic rings. The number of hydrogen-bond donors (Lipinski definition) is 0. The second-order valence-corrected chi connectivity index (χ2v) is 8.60. The molecule has 32 heavy (non-hydrogen) atoms. The topological polar surface area (TPSA) is 46.4 Å². The van der Waals surface area contributed by atoms with Gasteiger partial charge in [-0.25, -0.2) is 4.98 Å². The van der Waals surface area contributed by atoms with Crippen LogP contribution in [0.1, 0.15) is 11.1 Å². The standard InChI is InChI=1S/C26H29N5O/c1-29(2)18-20-3-5-22(6-4-20)24-17-25-23(26(28-24)30-13-15-32-16-14-30)9-12-31(25)19-21-7-10-27-11-8-21/h3-12,17H,13-16,18-19H2,1-2H3. The third-order valence-corrected chi connectivity index (χ3v) is 5.91. The van der Waals surface area contributed by atoms with Crippen molar-refractivity contribution in [3.05, 3.63) is 78.2 Å². The van der Waals surface area contributed by atoms with Crippen molar-refractivity contribution in [1.29, 1.82) is 0 Å². The first kappa shape index (κ1) is 20.7. The molecule has 1 saturated heterocycles. The summed E-state index contributed by atoms with van der Waals surface area (Å²) in [7, 11) is 4.18. The summed E-state index contributed by atoms with van der Waals surface area (Å²) in [4.78, 5) is 13.8. The van der Waals surface area contributed by atoms with Gasteiger partial charge in [0.2, 0.25) is 0 Å². The molecule has 1 fully saturated rings. The molecule has 1 aromatic carbocycles. The van der Waals surface area contributed by atoms with Gasteiger partial charge in [0.15, 0.2) is 0 Å². The minimum atomic E-state index is 0.740. The molecule has 164 valence electrons. The van der Waals surface area contributed by atoms with E-state index in [1.165, 1.54) is 22.0 Å². The average Bonchev–Trinajstić information content (AvgIpc) is 3.22. The fraction of sp³-hybridized carbons (Fsp3) is 0.308. The first-order chi connectivity index (χ1) is 15.7. The highest BCUT2D eigenvalue weighted by Gasteiger charge is 2.19. The second-order valence-electron chi connectivity index (χ2n) is 8.60. The van der Waals surface area contributed by atoms with Crippen molar-refractivity contribution in [2.75, 3.05) is 45.3 Å². The Balaban J connectivity index is 1.58. The number of pyridine rings is 2. The predicted octanol–water partition coefficient (Wildman–Crippen LogP) is 4.04. The summed E-state index contributed by atoms with van der Waals surface area (Å²) in [5.74, 6) is 1.05. The highest BCUT2D eigenvalue weighted by Crippen LogP contribution is 2.32. The second kappa shape index (κ2) is 9.10. The maximum absolute atomic E-state index is 5.59. The Kier molecular flexibility index (Phi) is 5.88. The van der Waals surface area contributed by atoms with Gasteiger partial charge in [0, 0.05) is 55.7 Å². The van der Waals surface area contributed by atoms with Crippen LogP contribution in [0.2, 0.25) is 0 Å². The lowest BCUT2D eigenvalue weighted by atomic mass is 10.1. The third kappa shape index (κ3) is 4.38. The first-order valence-corrected chi connectivity index (χ1v) is 11.1. The SMILES string of the molecule is CN(C)Cc1ccc(-c2cc3c(ccn3Cc3ccncc3)c(N3CCOCC3)n2)cc1. The Hall–Kier alpha value is -3.22. The zero-order valence-electron chi connectivity index (χ0n) is 18.7. The van der Waals surface area contributed by atoms with E-state index in [-0.39, 0.29) is 0 Å². The van der Waals surface area contributed by atoms with Crippen molar-refractivity contribution in [3.8, 4) is 11.3 Å². The van der Waals surface area contributed by atoms with Crippen LogP contribution in [0.5, 0.6) is 0 Å². The highest BCUT2D eigenvalue weighted by molar-refractivity contribution is 5.93. The number of rotatable bonds is 6. The molecule has 0 unspecified atom stereocenters. The Morgan fingerprint density at radius 1 is 0.938 bits per heavy atom. The van der Waals surface area contributed by atoms with E-state index in [1.54, 1.807) is 0 Å². The number of fused-ring (bicyclic) bond motifs is 1. The lowest BCUT2D eigenvalue weighted by molar-refractivity contribution is 0.122. The molecular weight excluding hydrogens is 398 g/mol. The average molecular weight is 428 g/mol. The molecule has 0 saturated carbocycles. The normalized spacial score (nSPS) is 14.4. The van der Waals surface area contributed by atoms with Crippen LogP contribution in [0.15, 0.2) is 67.1 Å². The molecule has 6 heteroatoms. The molecular formula is C26H29N5O. The van der Waals surface area contributed by atoms with Gasteiger partial charge in [0.05, 0.1) is 24.4 Å². The smallest absolute Gasteiger partial charge is 0.138 e. The van der Waals surface area contributed by atoms with Crippen molar-refractivity contribution in [2.45, 2.75) is 13.1 Å². The van der Waals surface area contributed by atoms with Gasteiger partial charge in [0.25, 0.3) is 0 Å². The van der Waals surface area contributed by atoms with Crippen LogP contribution in [0, 0.1) is 0 Å². The summed E-state index contributed by atoms with van der Waals surface area (Å²) >= 11 is 0. The van der Waals surface area contributed by atoms with Crippen LogP contribution in [-0.4, -0.2) is 59.8 Å². The molecule has 1 aliphatic rings. The van der Waals surface area contributed by atoms with E-state index in [0.717, 1.165) is 56.5 Å². The van der Waals surface area contributed by atoms with E-state index < -0.39 is 0 Å². The maximum Gasteiger partial charge on any atom is 0.138 e. The van der Waals surface area contributed by atoms with E-state index in [9.17, 15) is 0 Å². The van der Waals surface area contributed by atoms with Crippen molar-refractivity contribution < 1.29 is 4.74 Å². The van der Waals surface area contributed by atoms with Crippen molar-refractivity contribution in [3.63, 3.8) is 0 Å². The summed E-state index contributed by atoms with van der Waals surface area (Å²) < 4.78 is 7.90. The van der Waals surface area contributed by atoms with E-state index >= 15 is 0 Å². The van der Waals surface area contributed by atoms with Gasteiger partial charge in [0.1, 0.15) is 5.82 Å². The van der Waals surface area contributed by atoms with Crippen LogP contribution in [0.25, 0.3) is 22.2 Å².